The van der Waals surface area contributed by atoms with E-state index in [0.717, 1.165) is 0 Å². The Bertz CT molecular complexity index is 416. The third-order valence-corrected chi connectivity index (χ3v) is 2.84. The molecule has 0 saturated carbocycles. The maximum atomic E-state index is 11.3. The monoisotopic (exact) mass is 314 g/mol. The molecule has 4 nitrogen and oxygen atoms in total. The van der Waals surface area contributed by atoms with Gasteiger partial charge in [0, 0.05) is 0 Å². The van der Waals surface area contributed by atoms with E-state index < -0.39 is 18.2 Å². The number of benzene rings is 1. The van der Waals surface area contributed by atoms with Gasteiger partial charge in [0.15, 0.2) is 0 Å². The Hall–Kier alpha value is -1.17. The van der Waals surface area contributed by atoms with Crippen LogP contribution in [0, 0.1) is 0 Å². The lowest BCUT2D eigenvalue weighted by molar-refractivity contribution is -0.137. The molecule has 0 fully saturated rings. The van der Waals surface area contributed by atoms with Crippen LogP contribution in [-0.4, -0.2) is 28.9 Å². The van der Waals surface area contributed by atoms with Gasteiger partial charge in [0.1, 0.15) is 16.7 Å². The fourth-order valence-corrected chi connectivity index (χ4v) is 1.74. The van der Waals surface area contributed by atoms with Gasteiger partial charge in [0.2, 0.25) is 0 Å². The molecule has 0 aliphatic rings. The average Bonchev–Trinajstić information content (AvgIpc) is 2.39. The summed E-state index contributed by atoms with van der Waals surface area (Å²) in [4.78, 5) is 11.3. The molecule has 0 aromatic heterocycles. The molecule has 1 rings (SSSR count). The number of rotatable bonds is 5. The predicted molar refractivity (Wildman–Crippen MR) is 71.1 cm³/mol. The van der Waals surface area contributed by atoms with Gasteiger partial charge >= 0.3 is 5.97 Å². The van der Waals surface area contributed by atoms with Crippen LogP contribution in [0.3, 0.4) is 0 Å². The molecule has 98 valence electrons. The van der Waals surface area contributed by atoms with E-state index in [1.807, 2.05) is 6.07 Å². The number of esters is 1. The van der Waals surface area contributed by atoms with Crippen molar-refractivity contribution in [3.63, 3.8) is 0 Å². The zero-order valence-electron chi connectivity index (χ0n) is 9.91. The second kappa shape index (κ2) is 7.31. The van der Waals surface area contributed by atoms with E-state index in [0.29, 0.717) is 5.56 Å². The Labute approximate surface area is 114 Å². The molecule has 1 aromatic rings. The quantitative estimate of drug-likeness (QED) is 0.643. The molecule has 0 aliphatic heterocycles. The third kappa shape index (κ3) is 4.25. The summed E-state index contributed by atoms with van der Waals surface area (Å²) < 4.78 is 4.83. The number of carbonyl (C=O) groups excluding carboxylic acids is 1. The minimum Gasteiger partial charge on any atom is -0.462 e. The zero-order valence-corrected chi connectivity index (χ0v) is 11.5. The van der Waals surface area contributed by atoms with Crippen LogP contribution < -0.4 is 0 Å². The summed E-state index contributed by atoms with van der Waals surface area (Å²) in [6.45, 7) is 1.94. The standard InChI is InChI=1S/C13H15BrO4/c1-2-18-13(17)10(14)8-11(15)12(16)9-6-4-3-5-7-9/h3-8,11-12,15-16H,2H2,1H3/b10-8-. The normalized spacial score (nSPS) is 15.0. The molecule has 18 heavy (non-hydrogen) atoms. The summed E-state index contributed by atoms with van der Waals surface area (Å²) in [5, 5.41) is 19.7. The zero-order chi connectivity index (χ0) is 13.5. The first-order chi connectivity index (χ1) is 8.56. The van der Waals surface area contributed by atoms with Crippen molar-refractivity contribution in [2.75, 3.05) is 6.61 Å². The van der Waals surface area contributed by atoms with E-state index in [-0.39, 0.29) is 11.1 Å². The Morgan fingerprint density at radius 2 is 2.00 bits per heavy atom. The fraction of sp³-hybridized carbons (Fsp3) is 0.308. The highest BCUT2D eigenvalue weighted by Crippen LogP contribution is 2.20. The maximum absolute atomic E-state index is 11.3. The Morgan fingerprint density at radius 1 is 1.39 bits per heavy atom. The number of aliphatic hydroxyl groups excluding tert-OH is 2. The summed E-state index contributed by atoms with van der Waals surface area (Å²) in [6, 6.07) is 8.72. The van der Waals surface area contributed by atoms with Crippen LogP contribution in [0.1, 0.15) is 18.6 Å². The van der Waals surface area contributed by atoms with E-state index in [1.165, 1.54) is 6.08 Å². The van der Waals surface area contributed by atoms with Crippen molar-refractivity contribution in [2.45, 2.75) is 19.1 Å². The van der Waals surface area contributed by atoms with Gasteiger partial charge in [0.05, 0.1) is 6.61 Å². The van der Waals surface area contributed by atoms with Crippen molar-refractivity contribution >= 4 is 21.9 Å². The minimum atomic E-state index is -1.19. The number of ether oxygens (including phenoxy) is 1. The SMILES string of the molecule is CCOC(=O)/C(Br)=C/C(O)C(O)c1ccccc1. The Kier molecular flexibility index (Phi) is 6.04. The van der Waals surface area contributed by atoms with Gasteiger partial charge in [0.25, 0.3) is 0 Å². The van der Waals surface area contributed by atoms with Crippen LogP contribution in [0.5, 0.6) is 0 Å². The molecular weight excluding hydrogens is 300 g/mol. The number of aliphatic hydroxyl groups is 2. The Morgan fingerprint density at radius 3 is 2.56 bits per heavy atom. The highest BCUT2D eigenvalue weighted by atomic mass is 79.9. The molecule has 5 heteroatoms. The number of hydrogen-bond donors (Lipinski definition) is 2. The van der Waals surface area contributed by atoms with Gasteiger partial charge in [-0.1, -0.05) is 30.3 Å². The van der Waals surface area contributed by atoms with Crippen molar-refractivity contribution in [1.29, 1.82) is 0 Å². The van der Waals surface area contributed by atoms with E-state index in [1.54, 1.807) is 31.2 Å². The molecule has 2 atom stereocenters. The fourth-order valence-electron chi connectivity index (χ4n) is 1.36. The summed E-state index contributed by atoms with van der Waals surface area (Å²) in [6.07, 6.45) is -1.06. The van der Waals surface area contributed by atoms with Gasteiger partial charge < -0.3 is 14.9 Å². The number of hydrogen-bond acceptors (Lipinski definition) is 4. The summed E-state index contributed by atoms with van der Waals surface area (Å²) in [7, 11) is 0. The first-order valence-corrected chi connectivity index (χ1v) is 6.31. The lowest BCUT2D eigenvalue weighted by Crippen LogP contribution is -2.17. The molecule has 0 aliphatic carbocycles. The number of halogens is 1. The van der Waals surface area contributed by atoms with Crippen molar-refractivity contribution in [3.05, 3.63) is 46.5 Å². The van der Waals surface area contributed by atoms with Crippen molar-refractivity contribution in [3.8, 4) is 0 Å². The van der Waals surface area contributed by atoms with Gasteiger partial charge in [-0.05, 0) is 34.5 Å². The molecule has 0 bridgehead atoms. The highest BCUT2D eigenvalue weighted by Gasteiger charge is 2.18. The Balaban J connectivity index is 2.73. The summed E-state index contributed by atoms with van der Waals surface area (Å²) in [5.41, 5.74) is 0.574. The van der Waals surface area contributed by atoms with Crippen LogP contribution in [0.25, 0.3) is 0 Å². The van der Waals surface area contributed by atoms with E-state index in [2.05, 4.69) is 15.9 Å². The predicted octanol–water partition coefficient (Wildman–Crippen LogP) is 1.92. The van der Waals surface area contributed by atoms with Crippen molar-refractivity contribution in [2.24, 2.45) is 0 Å². The first kappa shape index (κ1) is 14.9. The number of carbonyl (C=O) groups is 1. The molecule has 0 radical (unpaired) electrons. The minimum absolute atomic E-state index is 0.0897. The molecule has 2 N–H and O–H groups in total. The van der Waals surface area contributed by atoms with E-state index >= 15 is 0 Å². The highest BCUT2D eigenvalue weighted by molar-refractivity contribution is 9.12. The lowest BCUT2D eigenvalue weighted by Gasteiger charge is -2.15. The van der Waals surface area contributed by atoms with E-state index in [4.69, 9.17) is 4.74 Å². The first-order valence-electron chi connectivity index (χ1n) is 5.51. The van der Waals surface area contributed by atoms with E-state index in [9.17, 15) is 15.0 Å². The average molecular weight is 315 g/mol. The largest absolute Gasteiger partial charge is 0.462 e. The topological polar surface area (TPSA) is 66.8 Å². The molecule has 0 saturated heterocycles. The second-order valence-corrected chi connectivity index (χ2v) is 4.44. The van der Waals surface area contributed by atoms with Crippen LogP contribution >= 0.6 is 15.9 Å². The van der Waals surface area contributed by atoms with Crippen LogP contribution in [0.15, 0.2) is 40.9 Å². The molecule has 0 spiro atoms. The molecular formula is C13H15BrO4. The molecule has 1 aromatic carbocycles. The molecule has 0 amide bonds. The summed E-state index contributed by atoms with van der Waals surface area (Å²) in [5.74, 6) is -0.572. The molecule has 2 unspecified atom stereocenters. The van der Waals surface area contributed by atoms with Crippen LogP contribution in [-0.2, 0) is 9.53 Å². The van der Waals surface area contributed by atoms with Crippen molar-refractivity contribution in [1.82, 2.24) is 0 Å². The second-order valence-electron chi connectivity index (χ2n) is 3.58. The van der Waals surface area contributed by atoms with Gasteiger partial charge in [-0.15, -0.1) is 0 Å². The maximum Gasteiger partial charge on any atom is 0.344 e. The van der Waals surface area contributed by atoms with Gasteiger partial charge in [-0.2, -0.15) is 0 Å². The molecule has 0 heterocycles. The van der Waals surface area contributed by atoms with Gasteiger partial charge in [-0.25, -0.2) is 4.79 Å². The third-order valence-electron chi connectivity index (χ3n) is 2.25. The lowest BCUT2D eigenvalue weighted by atomic mass is 10.0. The van der Waals surface area contributed by atoms with Crippen LogP contribution in [0.2, 0.25) is 0 Å². The smallest absolute Gasteiger partial charge is 0.344 e. The van der Waals surface area contributed by atoms with Crippen molar-refractivity contribution < 1.29 is 19.7 Å². The van der Waals surface area contributed by atoms with Gasteiger partial charge in [-0.3, -0.25) is 0 Å². The van der Waals surface area contributed by atoms with Crippen LogP contribution in [0.4, 0.5) is 0 Å². The summed E-state index contributed by atoms with van der Waals surface area (Å²) >= 11 is 3.00.